The van der Waals surface area contributed by atoms with E-state index < -0.39 is 0 Å². The fraction of sp³-hybridized carbons (Fsp3) is 0.133. The second-order valence-electron chi connectivity index (χ2n) is 4.90. The van der Waals surface area contributed by atoms with Gasteiger partial charge in [-0.3, -0.25) is 14.0 Å². The predicted octanol–water partition coefficient (Wildman–Crippen LogP) is 2.91. The van der Waals surface area contributed by atoms with Gasteiger partial charge < -0.3 is 10.6 Å². The molecule has 3 aromatic rings. The van der Waals surface area contributed by atoms with Gasteiger partial charge in [-0.2, -0.15) is 0 Å². The molecule has 2 aromatic heterocycles. The second kappa shape index (κ2) is 5.61. The Kier molecular flexibility index (Phi) is 3.64. The molecule has 0 fully saturated rings. The van der Waals surface area contributed by atoms with E-state index in [4.69, 9.17) is 0 Å². The molecule has 3 rings (SSSR count). The highest BCUT2D eigenvalue weighted by Crippen LogP contribution is 2.24. The first kappa shape index (κ1) is 14.3. The van der Waals surface area contributed by atoms with E-state index >= 15 is 0 Å². The standard InChI is InChI=1S/C15H14N4O2S/c1-9-3-4-11(16-10(2)20)12(7-9)17-14(21)13-8-19-5-6-22-15(19)18-13/h3-8H,1-2H3,(H,16,20)(H,17,21). The summed E-state index contributed by atoms with van der Waals surface area (Å²) < 4.78 is 1.80. The largest absolute Gasteiger partial charge is 0.325 e. The van der Waals surface area contributed by atoms with Crippen molar-refractivity contribution in [2.45, 2.75) is 13.8 Å². The van der Waals surface area contributed by atoms with Crippen LogP contribution in [0.25, 0.3) is 4.96 Å². The summed E-state index contributed by atoms with van der Waals surface area (Å²) >= 11 is 1.46. The maximum atomic E-state index is 12.3. The molecule has 0 radical (unpaired) electrons. The maximum absolute atomic E-state index is 12.3. The van der Waals surface area contributed by atoms with Gasteiger partial charge in [-0.1, -0.05) is 6.07 Å². The molecule has 2 N–H and O–H groups in total. The molecule has 7 heteroatoms. The minimum absolute atomic E-state index is 0.193. The molecule has 22 heavy (non-hydrogen) atoms. The summed E-state index contributed by atoms with van der Waals surface area (Å²) in [6.45, 7) is 3.34. The Balaban J connectivity index is 1.88. The van der Waals surface area contributed by atoms with Crippen LogP contribution in [0.4, 0.5) is 11.4 Å². The highest BCUT2D eigenvalue weighted by Gasteiger charge is 2.14. The zero-order chi connectivity index (χ0) is 15.7. The number of amides is 2. The van der Waals surface area contributed by atoms with E-state index in [1.807, 2.05) is 30.6 Å². The number of imidazole rings is 1. The lowest BCUT2D eigenvalue weighted by molar-refractivity contribution is -0.114. The predicted molar refractivity (Wildman–Crippen MR) is 86.5 cm³/mol. The minimum Gasteiger partial charge on any atom is -0.325 e. The molecule has 2 heterocycles. The number of aromatic nitrogens is 2. The van der Waals surface area contributed by atoms with Gasteiger partial charge in [0.25, 0.3) is 5.91 Å². The quantitative estimate of drug-likeness (QED) is 0.780. The highest BCUT2D eigenvalue weighted by molar-refractivity contribution is 7.15. The SMILES string of the molecule is CC(=O)Nc1ccc(C)cc1NC(=O)c1cn2ccsc2n1. The van der Waals surface area contributed by atoms with Gasteiger partial charge in [-0.25, -0.2) is 4.98 Å². The first-order valence-electron chi connectivity index (χ1n) is 6.65. The molecule has 112 valence electrons. The van der Waals surface area contributed by atoms with Crippen LogP contribution in [-0.2, 0) is 4.79 Å². The van der Waals surface area contributed by atoms with E-state index in [2.05, 4.69) is 15.6 Å². The number of anilines is 2. The van der Waals surface area contributed by atoms with Gasteiger partial charge in [-0.05, 0) is 24.6 Å². The van der Waals surface area contributed by atoms with Crippen molar-refractivity contribution >= 4 is 39.5 Å². The second-order valence-corrected chi connectivity index (χ2v) is 5.78. The number of nitrogens with one attached hydrogen (secondary N) is 2. The van der Waals surface area contributed by atoms with Crippen molar-refractivity contribution < 1.29 is 9.59 Å². The number of rotatable bonds is 3. The Morgan fingerprint density at radius 2 is 2.05 bits per heavy atom. The molecule has 0 spiro atoms. The minimum atomic E-state index is -0.312. The van der Waals surface area contributed by atoms with Crippen LogP contribution >= 0.6 is 11.3 Å². The van der Waals surface area contributed by atoms with Crippen molar-refractivity contribution in [3.63, 3.8) is 0 Å². The monoisotopic (exact) mass is 314 g/mol. The third-order valence-corrected chi connectivity index (χ3v) is 3.83. The van der Waals surface area contributed by atoms with E-state index in [0.717, 1.165) is 10.5 Å². The van der Waals surface area contributed by atoms with E-state index in [1.54, 1.807) is 16.7 Å². The van der Waals surface area contributed by atoms with E-state index in [-0.39, 0.29) is 11.8 Å². The van der Waals surface area contributed by atoms with Crippen LogP contribution in [0.5, 0.6) is 0 Å². The number of hydrogen-bond donors (Lipinski definition) is 2. The van der Waals surface area contributed by atoms with Crippen molar-refractivity contribution in [3.8, 4) is 0 Å². The number of fused-ring (bicyclic) bond motifs is 1. The molecule has 0 saturated heterocycles. The summed E-state index contributed by atoms with van der Waals surface area (Å²) in [6, 6.07) is 5.44. The van der Waals surface area contributed by atoms with E-state index in [1.165, 1.54) is 18.3 Å². The van der Waals surface area contributed by atoms with E-state index in [0.29, 0.717) is 17.1 Å². The lowest BCUT2D eigenvalue weighted by Crippen LogP contribution is -2.15. The van der Waals surface area contributed by atoms with Crippen molar-refractivity contribution in [1.82, 2.24) is 9.38 Å². The normalized spacial score (nSPS) is 10.6. The Morgan fingerprint density at radius 1 is 1.23 bits per heavy atom. The summed E-state index contributed by atoms with van der Waals surface area (Å²) in [7, 11) is 0. The topological polar surface area (TPSA) is 75.5 Å². The highest BCUT2D eigenvalue weighted by atomic mass is 32.1. The van der Waals surface area contributed by atoms with Crippen LogP contribution in [0.1, 0.15) is 23.0 Å². The van der Waals surface area contributed by atoms with Crippen molar-refractivity contribution in [2.24, 2.45) is 0 Å². The third-order valence-electron chi connectivity index (χ3n) is 3.06. The van der Waals surface area contributed by atoms with Crippen LogP contribution < -0.4 is 10.6 Å². The number of carbonyl (C=O) groups excluding carboxylic acids is 2. The smallest absolute Gasteiger partial charge is 0.275 e. The Labute approximate surface area is 130 Å². The van der Waals surface area contributed by atoms with E-state index in [9.17, 15) is 9.59 Å². The van der Waals surface area contributed by atoms with Gasteiger partial charge in [-0.15, -0.1) is 11.3 Å². The number of thiazole rings is 1. The van der Waals surface area contributed by atoms with Crippen molar-refractivity contribution in [2.75, 3.05) is 10.6 Å². The first-order valence-corrected chi connectivity index (χ1v) is 7.52. The zero-order valence-electron chi connectivity index (χ0n) is 12.1. The lowest BCUT2D eigenvalue weighted by atomic mass is 10.2. The molecule has 0 saturated carbocycles. The summed E-state index contributed by atoms with van der Waals surface area (Å²) in [6.07, 6.45) is 3.52. The Hall–Kier alpha value is -2.67. The summed E-state index contributed by atoms with van der Waals surface area (Å²) in [5.41, 5.74) is 2.43. The van der Waals surface area contributed by atoms with Crippen molar-refractivity contribution in [1.29, 1.82) is 0 Å². The number of carbonyl (C=O) groups is 2. The van der Waals surface area contributed by atoms with Crippen LogP contribution in [0, 0.1) is 6.92 Å². The fourth-order valence-electron chi connectivity index (χ4n) is 2.08. The van der Waals surface area contributed by atoms with Crippen molar-refractivity contribution in [3.05, 3.63) is 47.2 Å². The molecule has 2 amide bonds. The van der Waals surface area contributed by atoms with Gasteiger partial charge in [0.05, 0.1) is 11.4 Å². The van der Waals surface area contributed by atoms with Gasteiger partial charge in [0.15, 0.2) is 4.96 Å². The molecule has 0 aliphatic heterocycles. The lowest BCUT2D eigenvalue weighted by Gasteiger charge is -2.11. The summed E-state index contributed by atoms with van der Waals surface area (Å²) in [5, 5.41) is 7.40. The van der Waals surface area contributed by atoms with Crippen LogP contribution in [0.2, 0.25) is 0 Å². The molecule has 1 aromatic carbocycles. The van der Waals surface area contributed by atoms with Gasteiger partial charge >= 0.3 is 0 Å². The number of hydrogen-bond acceptors (Lipinski definition) is 4. The molecule has 6 nitrogen and oxygen atoms in total. The molecule has 0 atom stereocenters. The molecule has 0 bridgehead atoms. The van der Waals surface area contributed by atoms with Gasteiger partial charge in [0, 0.05) is 24.7 Å². The molecule has 0 aliphatic rings. The Morgan fingerprint density at radius 3 is 2.77 bits per heavy atom. The summed E-state index contributed by atoms with van der Waals surface area (Å²) in [5.74, 6) is -0.505. The third kappa shape index (κ3) is 2.84. The van der Waals surface area contributed by atoms with Crippen LogP contribution in [0.3, 0.4) is 0 Å². The molecular weight excluding hydrogens is 300 g/mol. The first-order chi connectivity index (χ1) is 10.5. The van der Waals surface area contributed by atoms with Crippen LogP contribution in [0.15, 0.2) is 36.0 Å². The molecule has 0 aliphatic carbocycles. The van der Waals surface area contributed by atoms with Crippen LogP contribution in [-0.4, -0.2) is 21.2 Å². The maximum Gasteiger partial charge on any atom is 0.275 e. The molecular formula is C15H14N4O2S. The average Bonchev–Trinajstić information content (AvgIpc) is 3.02. The number of nitrogens with zero attached hydrogens (tertiary/aromatic N) is 2. The molecule has 0 unspecified atom stereocenters. The number of aryl methyl sites for hydroxylation is 1. The number of benzene rings is 1. The fourth-order valence-corrected chi connectivity index (χ4v) is 2.78. The zero-order valence-corrected chi connectivity index (χ0v) is 12.9. The average molecular weight is 314 g/mol. The van der Waals surface area contributed by atoms with Gasteiger partial charge in [0.1, 0.15) is 5.69 Å². The van der Waals surface area contributed by atoms with Gasteiger partial charge in [0.2, 0.25) is 5.91 Å². The summed E-state index contributed by atoms with van der Waals surface area (Å²) in [4.78, 5) is 28.6. The Bertz CT molecular complexity index is 837.